The summed E-state index contributed by atoms with van der Waals surface area (Å²) in [7, 11) is -3.77. The van der Waals surface area contributed by atoms with Gasteiger partial charge in [0.25, 0.3) is 0 Å². The molecule has 1 aliphatic rings. The van der Waals surface area contributed by atoms with Crippen LogP contribution in [0, 0.1) is 13.8 Å². The van der Waals surface area contributed by atoms with Crippen LogP contribution in [-0.2, 0) is 16.2 Å². The van der Waals surface area contributed by atoms with Crippen LogP contribution in [0.5, 0.6) is 0 Å². The van der Waals surface area contributed by atoms with E-state index in [0.717, 1.165) is 0 Å². The highest BCUT2D eigenvalue weighted by atomic mass is 32.2. The van der Waals surface area contributed by atoms with Gasteiger partial charge in [-0.15, -0.1) is 10.2 Å². The van der Waals surface area contributed by atoms with Crippen molar-refractivity contribution in [3.63, 3.8) is 0 Å². The van der Waals surface area contributed by atoms with Crippen molar-refractivity contribution in [2.45, 2.75) is 43.7 Å². The van der Waals surface area contributed by atoms with Gasteiger partial charge in [0.05, 0.1) is 0 Å². The highest BCUT2D eigenvalue weighted by Crippen LogP contribution is 2.34. The van der Waals surface area contributed by atoms with E-state index >= 15 is 0 Å². The number of aromatic nitrogens is 3. The van der Waals surface area contributed by atoms with E-state index in [4.69, 9.17) is 4.52 Å². The summed E-state index contributed by atoms with van der Waals surface area (Å²) in [6, 6.07) is 0. The third-order valence-electron chi connectivity index (χ3n) is 4.05. The van der Waals surface area contributed by atoms with Gasteiger partial charge in [-0.2, -0.15) is 17.5 Å². The lowest BCUT2D eigenvalue weighted by Gasteiger charge is -2.29. The molecule has 0 spiro atoms. The van der Waals surface area contributed by atoms with Crippen LogP contribution in [0.4, 0.5) is 13.2 Å². The number of hydrogen-bond donors (Lipinski definition) is 0. The zero-order chi connectivity index (χ0) is 18.4. The second-order valence-electron chi connectivity index (χ2n) is 5.77. The fourth-order valence-electron chi connectivity index (χ4n) is 2.83. The van der Waals surface area contributed by atoms with Crippen LogP contribution >= 0.6 is 0 Å². The minimum atomic E-state index is -4.70. The molecule has 0 N–H and O–H groups in total. The van der Waals surface area contributed by atoms with Gasteiger partial charge in [0, 0.05) is 19.0 Å². The van der Waals surface area contributed by atoms with Gasteiger partial charge in [-0.1, -0.05) is 5.16 Å². The molecule has 0 bridgehead atoms. The van der Waals surface area contributed by atoms with Crippen molar-refractivity contribution >= 4 is 10.0 Å². The van der Waals surface area contributed by atoms with Crippen LogP contribution in [0.1, 0.15) is 42.0 Å². The van der Waals surface area contributed by atoms with Gasteiger partial charge < -0.3 is 8.94 Å². The maximum atomic E-state index is 12.7. The van der Waals surface area contributed by atoms with Crippen molar-refractivity contribution in [1.82, 2.24) is 19.7 Å². The fourth-order valence-corrected chi connectivity index (χ4v) is 4.59. The van der Waals surface area contributed by atoms with Crippen LogP contribution in [-0.4, -0.2) is 41.2 Å². The SMILES string of the molecule is Cc1noc(C)c1S(=O)(=O)N1CCC(c2nnc(C(F)(F)F)o2)CC1. The molecule has 2 aromatic heterocycles. The number of hydrogen-bond acceptors (Lipinski definition) is 7. The molecule has 1 saturated heterocycles. The van der Waals surface area contributed by atoms with Crippen LogP contribution in [0.25, 0.3) is 0 Å². The lowest BCUT2D eigenvalue weighted by Crippen LogP contribution is -2.38. The van der Waals surface area contributed by atoms with Crippen LogP contribution in [0.2, 0.25) is 0 Å². The molecule has 2 aromatic rings. The van der Waals surface area contributed by atoms with Crippen LogP contribution in [0.15, 0.2) is 13.8 Å². The van der Waals surface area contributed by atoms with Gasteiger partial charge in [-0.05, 0) is 26.7 Å². The molecule has 12 heteroatoms. The van der Waals surface area contributed by atoms with Crippen molar-refractivity contribution in [2.75, 3.05) is 13.1 Å². The molecule has 0 aliphatic carbocycles. The van der Waals surface area contributed by atoms with Crippen molar-refractivity contribution in [3.8, 4) is 0 Å². The zero-order valence-electron chi connectivity index (χ0n) is 13.4. The Morgan fingerprint density at radius 3 is 2.28 bits per heavy atom. The van der Waals surface area contributed by atoms with Crippen molar-refractivity contribution in [3.05, 3.63) is 23.2 Å². The predicted molar refractivity (Wildman–Crippen MR) is 76.0 cm³/mol. The summed E-state index contributed by atoms with van der Waals surface area (Å²) in [5.74, 6) is -1.74. The Balaban J connectivity index is 1.73. The number of sulfonamides is 1. The van der Waals surface area contributed by atoms with Crippen molar-refractivity contribution in [1.29, 1.82) is 0 Å². The Labute approximate surface area is 141 Å². The first-order chi connectivity index (χ1) is 11.6. The van der Waals surface area contributed by atoms with E-state index in [1.54, 1.807) is 0 Å². The molecule has 25 heavy (non-hydrogen) atoms. The number of alkyl halides is 3. The summed E-state index contributed by atoms with van der Waals surface area (Å²) in [6.45, 7) is 3.30. The molecule has 8 nitrogen and oxygen atoms in total. The Morgan fingerprint density at radius 2 is 1.80 bits per heavy atom. The number of piperidine rings is 1. The molecule has 1 fully saturated rings. The highest BCUT2D eigenvalue weighted by Gasteiger charge is 2.40. The van der Waals surface area contributed by atoms with E-state index < -0.39 is 28.0 Å². The Morgan fingerprint density at radius 1 is 1.16 bits per heavy atom. The molecule has 0 atom stereocenters. The molecular formula is C13H15F3N4O4S. The van der Waals surface area contributed by atoms with E-state index in [-0.39, 0.29) is 48.2 Å². The first kappa shape index (κ1) is 17.9. The summed E-state index contributed by atoms with van der Waals surface area (Å²) in [6.07, 6.45) is -4.14. The number of nitrogens with zero attached hydrogens (tertiary/aromatic N) is 4. The molecule has 0 saturated carbocycles. The van der Waals surface area contributed by atoms with Gasteiger partial charge in [-0.3, -0.25) is 0 Å². The molecule has 0 radical (unpaired) electrons. The summed E-state index contributed by atoms with van der Waals surface area (Å²) >= 11 is 0. The molecule has 0 amide bonds. The van der Waals surface area contributed by atoms with E-state index in [9.17, 15) is 21.6 Å². The lowest BCUT2D eigenvalue weighted by molar-refractivity contribution is -0.157. The van der Waals surface area contributed by atoms with E-state index in [1.807, 2.05) is 0 Å². The first-order valence-electron chi connectivity index (χ1n) is 7.44. The Hall–Kier alpha value is -1.95. The van der Waals surface area contributed by atoms with Crippen LogP contribution in [0.3, 0.4) is 0 Å². The average molecular weight is 380 g/mol. The third kappa shape index (κ3) is 3.27. The normalized spacial score (nSPS) is 18.0. The summed E-state index contributed by atoms with van der Waals surface area (Å²) in [5.41, 5.74) is 0.270. The maximum absolute atomic E-state index is 12.7. The summed E-state index contributed by atoms with van der Waals surface area (Å²) in [5, 5.41) is 10.1. The minimum Gasteiger partial charge on any atom is -0.417 e. The van der Waals surface area contributed by atoms with E-state index in [2.05, 4.69) is 19.8 Å². The molecule has 0 aromatic carbocycles. The molecule has 3 rings (SSSR count). The summed E-state index contributed by atoms with van der Waals surface area (Å²) in [4.78, 5) is 0.0306. The van der Waals surface area contributed by atoms with Crippen LogP contribution < -0.4 is 0 Å². The molecule has 3 heterocycles. The van der Waals surface area contributed by atoms with Gasteiger partial charge in [0.2, 0.25) is 15.9 Å². The quantitative estimate of drug-likeness (QED) is 0.805. The topological polar surface area (TPSA) is 102 Å². The van der Waals surface area contributed by atoms with Gasteiger partial charge in [0.15, 0.2) is 5.76 Å². The van der Waals surface area contributed by atoms with Gasteiger partial charge in [-0.25, -0.2) is 8.42 Å². The summed E-state index contributed by atoms with van der Waals surface area (Å²) < 4.78 is 73.8. The molecule has 1 aliphatic heterocycles. The zero-order valence-corrected chi connectivity index (χ0v) is 14.2. The van der Waals surface area contributed by atoms with E-state index in [1.165, 1.54) is 18.2 Å². The van der Waals surface area contributed by atoms with Crippen molar-refractivity contribution in [2.24, 2.45) is 0 Å². The second-order valence-corrected chi connectivity index (χ2v) is 7.65. The largest absolute Gasteiger partial charge is 0.470 e. The number of halogens is 3. The predicted octanol–water partition coefficient (Wildman–Crippen LogP) is 2.26. The Kier molecular flexibility index (Phi) is 4.35. The molecular weight excluding hydrogens is 365 g/mol. The smallest absolute Gasteiger partial charge is 0.417 e. The monoisotopic (exact) mass is 380 g/mol. The average Bonchev–Trinajstić information content (AvgIpc) is 3.14. The Bertz CT molecular complexity index is 847. The number of rotatable bonds is 3. The molecule has 0 unspecified atom stereocenters. The maximum Gasteiger partial charge on any atom is 0.470 e. The van der Waals surface area contributed by atoms with Gasteiger partial charge in [0.1, 0.15) is 10.6 Å². The fraction of sp³-hybridized carbons (Fsp3) is 0.615. The highest BCUT2D eigenvalue weighted by molar-refractivity contribution is 7.89. The molecule has 138 valence electrons. The first-order valence-corrected chi connectivity index (χ1v) is 8.88. The third-order valence-corrected chi connectivity index (χ3v) is 6.20. The number of aryl methyl sites for hydroxylation is 2. The minimum absolute atomic E-state index is 0.0306. The van der Waals surface area contributed by atoms with Gasteiger partial charge >= 0.3 is 12.1 Å². The lowest BCUT2D eigenvalue weighted by atomic mass is 9.98. The standard InChI is InChI=1S/C13H15F3N4O4S/c1-7-10(8(2)24-19-7)25(21,22)20-5-3-9(4-6-20)11-17-18-12(23-11)13(14,15)16/h9H,3-6H2,1-2H3. The second kappa shape index (κ2) is 6.09. The van der Waals surface area contributed by atoms with E-state index in [0.29, 0.717) is 0 Å². The van der Waals surface area contributed by atoms with Crippen molar-refractivity contribution < 1.29 is 30.5 Å².